The molecular weight excluding hydrogens is 422 g/mol. The summed E-state index contributed by atoms with van der Waals surface area (Å²) in [5, 5.41) is 14.7. The third-order valence-corrected chi connectivity index (χ3v) is 5.21. The molecule has 1 aromatic rings. The number of aliphatic hydroxyl groups excluding tert-OH is 1. The number of imide groups is 1. The molecular formula is C25H39N3O5. The SMILES string of the molecule is C=CC[C@](N)(C(=O)NC(=O)CCCCCc1ccccc1)C(CO)CNC(=O)OC(C)(C)C. The van der Waals surface area contributed by atoms with E-state index in [0.717, 1.165) is 19.3 Å². The summed E-state index contributed by atoms with van der Waals surface area (Å²) in [4.78, 5) is 37.1. The van der Waals surface area contributed by atoms with Crippen molar-refractivity contribution >= 4 is 17.9 Å². The molecule has 0 aliphatic carbocycles. The van der Waals surface area contributed by atoms with E-state index in [4.69, 9.17) is 10.5 Å². The minimum Gasteiger partial charge on any atom is -0.444 e. The molecule has 0 aromatic heterocycles. The molecule has 0 saturated carbocycles. The van der Waals surface area contributed by atoms with Gasteiger partial charge in [0.15, 0.2) is 0 Å². The van der Waals surface area contributed by atoms with Crippen molar-refractivity contribution in [3.05, 3.63) is 48.6 Å². The van der Waals surface area contributed by atoms with Crippen LogP contribution >= 0.6 is 0 Å². The van der Waals surface area contributed by atoms with Crippen LogP contribution in [-0.2, 0) is 20.7 Å². The van der Waals surface area contributed by atoms with Gasteiger partial charge in [0.2, 0.25) is 11.8 Å². The summed E-state index contributed by atoms with van der Waals surface area (Å²) in [7, 11) is 0. The first-order chi connectivity index (χ1) is 15.5. The average Bonchev–Trinajstić information content (AvgIpc) is 2.73. The summed E-state index contributed by atoms with van der Waals surface area (Å²) >= 11 is 0. The number of unbranched alkanes of at least 4 members (excludes halogenated alkanes) is 2. The van der Waals surface area contributed by atoms with Gasteiger partial charge in [-0.15, -0.1) is 6.58 Å². The van der Waals surface area contributed by atoms with Crippen LogP contribution in [-0.4, -0.2) is 47.3 Å². The van der Waals surface area contributed by atoms with Crippen LogP contribution in [0.5, 0.6) is 0 Å². The van der Waals surface area contributed by atoms with E-state index < -0.39 is 41.6 Å². The summed E-state index contributed by atoms with van der Waals surface area (Å²) in [5.41, 5.74) is 5.27. The largest absolute Gasteiger partial charge is 0.444 e. The first kappa shape index (κ1) is 28.3. The van der Waals surface area contributed by atoms with Crippen LogP contribution in [0.1, 0.15) is 58.4 Å². The van der Waals surface area contributed by atoms with Crippen molar-refractivity contribution < 1.29 is 24.2 Å². The number of hydrogen-bond donors (Lipinski definition) is 4. The lowest BCUT2D eigenvalue weighted by Gasteiger charge is -2.34. The van der Waals surface area contributed by atoms with Crippen molar-refractivity contribution in [2.24, 2.45) is 11.7 Å². The second-order valence-corrected chi connectivity index (χ2v) is 9.22. The molecule has 0 aliphatic heterocycles. The minimum atomic E-state index is -1.62. The van der Waals surface area contributed by atoms with Crippen LogP contribution in [0, 0.1) is 5.92 Å². The fraction of sp³-hybridized carbons (Fsp3) is 0.560. The number of alkyl carbamates (subject to hydrolysis) is 1. The Morgan fingerprint density at radius 3 is 2.39 bits per heavy atom. The van der Waals surface area contributed by atoms with E-state index in [-0.39, 0.29) is 19.4 Å². The number of carbonyl (C=O) groups is 3. The van der Waals surface area contributed by atoms with Gasteiger partial charge in [0.05, 0.1) is 0 Å². The van der Waals surface area contributed by atoms with Crippen molar-refractivity contribution in [1.29, 1.82) is 0 Å². The lowest BCUT2D eigenvalue weighted by Crippen LogP contribution is -2.62. The molecule has 0 aliphatic rings. The number of benzene rings is 1. The van der Waals surface area contributed by atoms with Gasteiger partial charge in [-0.3, -0.25) is 14.9 Å². The Kier molecular flexibility index (Phi) is 11.8. The molecule has 0 saturated heterocycles. The number of aliphatic hydroxyl groups is 1. The van der Waals surface area contributed by atoms with Crippen molar-refractivity contribution in [3.8, 4) is 0 Å². The fourth-order valence-electron chi connectivity index (χ4n) is 3.36. The van der Waals surface area contributed by atoms with E-state index in [2.05, 4.69) is 29.3 Å². The van der Waals surface area contributed by atoms with E-state index in [9.17, 15) is 19.5 Å². The molecule has 0 fully saturated rings. The summed E-state index contributed by atoms with van der Waals surface area (Å²) in [6, 6.07) is 10.1. The smallest absolute Gasteiger partial charge is 0.407 e. The Morgan fingerprint density at radius 2 is 1.82 bits per heavy atom. The number of hydrogen-bond acceptors (Lipinski definition) is 6. The van der Waals surface area contributed by atoms with E-state index >= 15 is 0 Å². The van der Waals surface area contributed by atoms with Crippen molar-refractivity contribution in [2.75, 3.05) is 13.2 Å². The van der Waals surface area contributed by atoms with Crippen molar-refractivity contribution in [1.82, 2.24) is 10.6 Å². The van der Waals surface area contributed by atoms with E-state index in [0.29, 0.717) is 6.42 Å². The maximum atomic E-state index is 12.9. The maximum Gasteiger partial charge on any atom is 0.407 e. The first-order valence-electron chi connectivity index (χ1n) is 11.4. The van der Waals surface area contributed by atoms with Gasteiger partial charge in [-0.2, -0.15) is 0 Å². The van der Waals surface area contributed by atoms with Gasteiger partial charge in [0.25, 0.3) is 0 Å². The highest BCUT2D eigenvalue weighted by atomic mass is 16.6. The maximum absolute atomic E-state index is 12.9. The number of aryl methyl sites for hydroxylation is 1. The number of amides is 3. The summed E-state index contributed by atoms with van der Waals surface area (Å²) in [6.07, 6.45) is 4.37. The highest BCUT2D eigenvalue weighted by Crippen LogP contribution is 2.20. The molecule has 184 valence electrons. The van der Waals surface area contributed by atoms with Crippen molar-refractivity contribution in [3.63, 3.8) is 0 Å². The van der Waals surface area contributed by atoms with Crippen LogP contribution < -0.4 is 16.4 Å². The predicted octanol–water partition coefficient (Wildman–Crippen LogP) is 2.84. The molecule has 2 atom stereocenters. The third-order valence-electron chi connectivity index (χ3n) is 5.21. The van der Waals surface area contributed by atoms with Gasteiger partial charge in [0.1, 0.15) is 11.1 Å². The molecule has 0 heterocycles. The summed E-state index contributed by atoms with van der Waals surface area (Å²) < 4.78 is 5.18. The van der Waals surface area contributed by atoms with E-state index in [1.807, 2.05) is 18.2 Å². The van der Waals surface area contributed by atoms with Gasteiger partial charge >= 0.3 is 6.09 Å². The molecule has 0 radical (unpaired) electrons. The highest BCUT2D eigenvalue weighted by Gasteiger charge is 2.41. The zero-order valence-corrected chi connectivity index (χ0v) is 20.1. The molecule has 0 bridgehead atoms. The molecule has 33 heavy (non-hydrogen) atoms. The Morgan fingerprint density at radius 1 is 1.15 bits per heavy atom. The topological polar surface area (TPSA) is 131 Å². The van der Waals surface area contributed by atoms with Gasteiger partial charge in [-0.1, -0.05) is 42.8 Å². The predicted molar refractivity (Wildman–Crippen MR) is 128 cm³/mol. The Bertz CT molecular complexity index is 776. The van der Waals surface area contributed by atoms with Gasteiger partial charge in [-0.05, 0) is 52.0 Å². The number of ether oxygens (including phenoxy) is 1. The number of rotatable bonds is 13. The second kappa shape index (κ2) is 13.7. The third kappa shape index (κ3) is 10.6. The number of nitrogens with one attached hydrogen (secondary N) is 2. The monoisotopic (exact) mass is 461 g/mol. The van der Waals surface area contributed by atoms with Crippen LogP contribution in [0.4, 0.5) is 4.79 Å². The van der Waals surface area contributed by atoms with Crippen LogP contribution in [0.25, 0.3) is 0 Å². The zero-order chi connectivity index (χ0) is 24.9. The molecule has 5 N–H and O–H groups in total. The lowest BCUT2D eigenvalue weighted by atomic mass is 9.81. The number of nitrogens with two attached hydrogens (primary N) is 1. The highest BCUT2D eigenvalue weighted by molar-refractivity contribution is 6.00. The van der Waals surface area contributed by atoms with Crippen LogP contribution in [0.2, 0.25) is 0 Å². The summed E-state index contributed by atoms with van der Waals surface area (Å²) in [6.45, 7) is 8.22. The fourth-order valence-corrected chi connectivity index (χ4v) is 3.36. The molecule has 0 spiro atoms. The van der Waals surface area contributed by atoms with E-state index in [1.165, 1.54) is 11.6 Å². The van der Waals surface area contributed by atoms with E-state index in [1.54, 1.807) is 20.8 Å². The molecule has 8 nitrogen and oxygen atoms in total. The first-order valence-corrected chi connectivity index (χ1v) is 11.4. The number of carbonyl (C=O) groups excluding carboxylic acids is 3. The standard InChI is InChI=1S/C25H39N3O5/c1-5-16-25(26,20(18-29)17-27-23(32)33-24(2,3)4)22(31)28-21(30)15-11-7-10-14-19-12-8-6-9-13-19/h5-6,8-9,12-13,20,29H,1,7,10-11,14-18,26H2,2-4H3,(H,27,32)(H,28,30,31)/t20?,25-/m1/s1. The lowest BCUT2D eigenvalue weighted by molar-refractivity contribution is -0.135. The summed E-state index contributed by atoms with van der Waals surface area (Å²) in [5.74, 6) is -1.97. The Balaban J connectivity index is 2.56. The molecule has 8 heteroatoms. The van der Waals surface area contributed by atoms with Crippen LogP contribution in [0.3, 0.4) is 0 Å². The second-order valence-electron chi connectivity index (χ2n) is 9.22. The van der Waals surface area contributed by atoms with Gasteiger partial charge in [0, 0.05) is 25.5 Å². The van der Waals surface area contributed by atoms with Crippen LogP contribution in [0.15, 0.2) is 43.0 Å². The Hall–Kier alpha value is -2.71. The quantitative estimate of drug-likeness (QED) is 0.264. The molecule has 1 aromatic carbocycles. The normalized spacial score (nSPS) is 14.0. The Labute approximate surface area is 197 Å². The average molecular weight is 462 g/mol. The van der Waals surface area contributed by atoms with Gasteiger partial charge < -0.3 is 20.9 Å². The molecule has 1 unspecified atom stereocenters. The minimum absolute atomic E-state index is 0.0183. The van der Waals surface area contributed by atoms with Gasteiger partial charge in [-0.25, -0.2) is 4.79 Å². The zero-order valence-electron chi connectivity index (χ0n) is 20.1. The molecule has 1 rings (SSSR count). The molecule has 3 amide bonds. The van der Waals surface area contributed by atoms with Crippen molar-refractivity contribution in [2.45, 2.75) is 70.4 Å².